The molecular formula is C32H38N4O4. The quantitative estimate of drug-likeness (QED) is 0.265. The van der Waals surface area contributed by atoms with Gasteiger partial charge in [0.1, 0.15) is 11.2 Å². The smallest absolute Gasteiger partial charge is 0.410 e. The number of amides is 2. The number of ether oxygens (including phenoxy) is 2. The van der Waals surface area contributed by atoms with Crippen LogP contribution in [-0.2, 0) is 22.6 Å². The Bertz CT molecular complexity index is 1440. The molecule has 8 heteroatoms. The number of hydrogen-bond acceptors (Lipinski definition) is 6. The summed E-state index contributed by atoms with van der Waals surface area (Å²) in [4.78, 5) is 37.8. The molecule has 2 aromatic heterocycles. The molecule has 0 saturated heterocycles. The van der Waals surface area contributed by atoms with Gasteiger partial charge in [-0.15, -0.1) is 0 Å². The van der Waals surface area contributed by atoms with Crippen LogP contribution in [0.25, 0.3) is 32.9 Å². The van der Waals surface area contributed by atoms with E-state index in [2.05, 4.69) is 0 Å². The highest BCUT2D eigenvalue weighted by Gasteiger charge is 2.23. The third-order valence-electron chi connectivity index (χ3n) is 6.24. The summed E-state index contributed by atoms with van der Waals surface area (Å²) >= 11 is 0. The zero-order valence-electron chi connectivity index (χ0n) is 24.6. The van der Waals surface area contributed by atoms with E-state index in [1.54, 1.807) is 36.3 Å². The van der Waals surface area contributed by atoms with Crippen LogP contribution in [0.5, 0.6) is 0 Å². The van der Waals surface area contributed by atoms with Crippen molar-refractivity contribution < 1.29 is 19.1 Å². The van der Waals surface area contributed by atoms with E-state index in [1.165, 1.54) is 0 Å². The van der Waals surface area contributed by atoms with Gasteiger partial charge in [0.15, 0.2) is 0 Å². The first-order chi connectivity index (χ1) is 18.7. The molecule has 0 aliphatic rings. The number of carbonyl (C=O) groups excluding carboxylic acids is 2. The molecule has 0 bridgehead atoms. The number of pyridine rings is 2. The molecule has 4 rings (SSSR count). The van der Waals surface area contributed by atoms with Gasteiger partial charge in [-0.3, -0.25) is 9.97 Å². The summed E-state index contributed by atoms with van der Waals surface area (Å²) in [5.74, 6) is 0. The third-order valence-corrected chi connectivity index (χ3v) is 6.24. The summed E-state index contributed by atoms with van der Waals surface area (Å²) < 4.78 is 11.1. The van der Waals surface area contributed by atoms with E-state index in [0.717, 1.165) is 44.1 Å². The fourth-order valence-corrected chi connectivity index (χ4v) is 4.49. The zero-order chi connectivity index (χ0) is 29.2. The summed E-state index contributed by atoms with van der Waals surface area (Å²) in [6.07, 6.45) is 2.78. The first kappa shape index (κ1) is 28.8. The molecule has 0 unspecified atom stereocenters. The molecule has 0 saturated carbocycles. The number of hydrogen-bond donors (Lipinski definition) is 0. The maximum atomic E-state index is 12.6. The molecule has 2 heterocycles. The molecule has 0 aliphatic heterocycles. The van der Waals surface area contributed by atoms with Crippen LogP contribution < -0.4 is 0 Å². The average molecular weight is 543 g/mol. The predicted molar refractivity (Wildman–Crippen MR) is 158 cm³/mol. The SMILES string of the molecule is CN(Cc1ccc(-c2ccc(CN(C)C(=O)OC(C)(C)C)c3cccnc23)c2ncccc12)C(=O)OC(C)(C)C. The van der Waals surface area contributed by atoms with Crippen molar-refractivity contribution in [2.45, 2.75) is 65.8 Å². The second kappa shape index (κ2) is 11.1. The van der Waals surface area contributed by atoms with E-state index in [-0.39, 0.29) is 12.2 Å². The Morgan fingerprint density at radius 1 is 0.650 bits per heavy atom. The Balaban J connectivity index is 1.71. The highest BCUT2D eigenvalue weighted by molar-refractivity contribution is 6.04. The maximum Gasteiger partial charge on any atom is 0.410 e. The van der Waals surface area contributed by atoms with Crippen molar-refractivity contribution in [1.29, 1.82) is 0 Å². The van der Waals surface area contributed by atoms with Gasteiger partial charge < -0.3 is 19.3 Å². The lowest BCUT2D eigenvalue weighted by molar-refractivity contribution is 0.0276. The van der Waals surface area contributed by atoms with Gasteiger partial charge in [0.2, 0.25) is 0 Å². The van der Waals surface area contributed by atoms with Crippen molar-refractivity contribution in [1.82, 2.24) is 19.8 Å². The minimum absolute atomic E-state index is 0.379. The van der Waals surface area contributed by atoms with Crippen molar-refractivity contribution in [3.8, 4) is 11.1 Å². The molecule has 210 valence electrons. The standard InChI is InChI=1S/C32H38N4O4/c1-31(2,3)39-29(37)35(7)19-21-13-15-25(27-23(21)11-9-17-33-27)26-16-14-22(24-12-10-18-34-28(24)26)20-36(8)30(38)40-32(4,5)6/h9-18H,19-20H2,1-8H3. The normalized spacial score (nSPS) is 11.9. The van der Waals surface area contributed by atoms with Gasteiger partial charge in [0.05, 0.1) is 11.0 Å². The zero-order valence-corrected chi connectivity index (χ0v) is 24.6. The van der Waals surface area contributed by atoms with E-state index in [1.807, 2.05) is 90.1 Å². The van der Waals surface area contributed by atoms with Gasteiger partial charge in [-0.1, -0.05) is 36.4 Å². The number of carbonyl (C=O) groups is 2. The first-order valence-electron chi connectivity index (χ1n) is 13.4. The minimum Gasteiger partial charge on any atom is -0.444 e. The highest BCUT2D eigenvalue weighted by atomic mass is 16.6. The van der Waals surface area contributed by atoms with Crippen molar-refractivity contribution >= 4 is 34.0 Å². The molecule has 0 N–H and O–H groups in total. The van der Waals surface area contributed by atoms with Crippen molar-refractivity contribution in [2.75, 3.05) is 14.1 Å². The van der Waals surface area contributed by atoms with Gasteiger partial charge in [0, 0.05) is 61.5 Å². The van der Waals surface area contributed by atoms with Gasteiger partial charge in [-0.25, -0.2) is 9.59 Å². The highest BCUT2D eigenvalue weighted by Crippen LogP contribution is 2.35. The van der Waals surface area contributed by atoms with Crippen molar-refractivity contribution in [3.63, 3.8) is 0 Å². The van der Waals surface area contributed by atoms with Gasteiger partial charge in [-0.2, -0.15) is 0 Å². The Hall–Kier alpha value is -4.20. The fourth-order valence-electron chi connectivity index (χ4n) is 4.49. The van der Waals surface area contributed by atoms with E-state index in [4.69, 9.17) is 19.4 Å². The van der Waals surface area contributed by atoms with E-state index < -0.39 is 11.2 Å². The number of rotatable bonds is 5. The Morgan fingerprint density at radius 2 is 1.02 bits per heavy atom. The second-order valence-corrected chi connectivity index (χ2v) is 12.0. The predicted octanol–water partition coefficient (Wildman–Crippen LogP) is 7.18. The first-order valence-corrected chi connectivity index (χ1v) is 13.4. The number of nitrogens with zero attached hydrogens (tertiary/aromatic N) is 4. The van der Waals surface area contributed by atoms with Crippen LogP contribution in [0, 0.1) is 0 Å². The van der Waals surface area contributed by atoms with E-state index in [0.29, 0.717) is 13.1 Å². The molecule has 2 amide bonds. The molecule has 4 aromatic rings. The number of aromatic nitrogens is 2. The van der Waals surface area contributed by atoms with E-state index in [9.17, 15) is 9.59 Å². The lowest BCUT2D eigenvalue weighted by Gasteiger charge is -2.25. The largest absolute Gasteiger partial charge is 0.444 e. The van der Waals surface area contributed by atoms with Crippen LogP contribution in [0.2, 0.25) is 0 Å². The molecule has 8 nitrogen and oxygen atoms in total. The number of benzene rings is 2. The molecule has 0 spiro atoms. The summed E-state index contributed by atoms with van der Waals surface area (Å²) in [6, 6.07) is 15.9. The summed E-state index contributed by atoms with van der Waals surface area (Å²) in [7, 11) is 3.46. The summed E-state index contributed by atoms with van der Waals surface area (Å²) in [5.41, 5.74) is 4.32. The molecule has 0 atom stereocenters. The molecule has 0 fully saturated rings. The molecule has 0 radical (unpaired) electrons. The Kier molecular flexibility index (Phi) is 8.00. The third kappa shape index (κ3) is 6.68. The maximum absolute atomic E-state index is 12.6. The van der Waals surface area contributed by atoms with Crippen LogP contribution in [0.3, 0.4) is 0 Å². The topological polar surface area (TPSA) is 84.9 Å². The minimum atomic E-state index is -0.569. The van der Waals surface area contributed by atoms with Crippen LogP contribution in [-0.4, -0.2) is 57.3 Å². The van der Waals surface area contributed by atoms with Crippen molar-refractivity contribution in [2.24, 2.45) is 0 Å². The van der Waals surface area contributed by atoms with Gasteiger partial charge in [0.25, 0.3) is 0 Å². The van der Waals surface area contributed by atoms with Crippen LogP contribution in [0.15, 0.2) is 60.9 Å². The van der Waals surface area contributed by atoms with Crippen LogP contribution in [0.1, 0.15) is 52.7 Å². The second-order valence-electron chi connectivity index (χ2n) is 12.0. The lowest BCUT2D eigenvalue weighted by Crippen LogP contribution is -2.33. The number of fused-ring (bicyclic) bond motifs is 2. The summed E-state index contributed by atoms with van der Waals surface area (Å²) in [5, 5.41) is 1.90. The molecule has 2 aromatic carbocycles. The monoisotopic (exact) mass is 542 g/mol. The molecule has 0 aliphatic carbocycles. The van der Waals surface area contributed by atoms with Crippen molar-refractivity contribution in [3.05, 3.63) is 72.1 Å². The van der Waals surface area contributed by atoms with Gasteiger partial charge >= 0.3 is 12.2 Å². The average Bonchev–Trinajstić information content (AvgIpc) is 2.87. The van der Waals surface area contributed by atoms with Gasteiger partial charge in [-0.05, 0) is 64.8 Å². The molecular weight excluding hydrogens is 504 g/mol. The Morgan fingerprint density at radius 3 is 1.38 bits per heavy atom. The fraction of sp³-hybridized carbons (Fsp3) is 0.375. The summed E-state index contributed by atoms with van der Waals surface area (Å²) in [6.45, 7) is 11.9. The van der Waals surface area contributed by atoms with Crippen LogP contribution >= 0.6 is 0 Å². The lowest BCUT2D eigenvalue weighted by atomic mass is 9.94. The molecule has 40 heavy (non-hydrogen) atoms. The Labute approximate surface area is 235 Å². The van der Waals surface area contributed by atoms with E-state index >= 15 is 0 Å². The van der Waals surface area contributed by atoms with Crippen LogP contribution in [0.4, 0.5) is 9.59 Å².